The summed E-state index contributed by atoms with van der Waals surface area (Å²) in [7, 11) is 0. The molecule has 100 valence electrons. The summed E-state index contributed by atoms with van der Waals surface area (Å²) in [6.45, 7) is 3.54. The number of nitrogens with two attached hydrogens (primary N) is 1. The minimum atomic E-state index is -1.79. The van der Waals surface area contributed by atoms with E-state index in [1.54, 1.807) is 13.8 Å². The van der Waals surface area contributed by atoms with Crippen LogP contribution in [0.2, 0.25) is 0 Å². The minimum absolute atomic E-state index is 0.126. The van der Waals surface area contributed by atoms with E-state index in [2.05, 4.69) is 10.3 Å². The first kappa shape index (κ1) is 14.1. The van der Waals surface area contributed by atoms with Gasteiger partial charge in [0.15, 0.2) is 11.2 Å². The first-order valence-electron chi connectivity index (χ1n) is 5.58. The van der Waals surface area contributed by atoms with Crippen molar-refractivity contribution in [1.29, 1.82) is 0 Å². The van der Waals surface area contributed by atoms with Crippen LogP contribution in [0.3, 0.4) is 0 Å². The Labute approximate surface area is 104 Å². The van der Waals surface area contributed by atoms with Gasteiger partial charge in [-0.15, -0.1) is 5.10 Å². The zero-order valence-corrected chi connectivity index (χ0v) is 10.3. The van der Waals surface area contributed by atoms with Crippen molar-refractivity contribution in [2.75, 3.05) is 6.61 Å². The maximum Gasteiger partial charge on any atom is 0.334 e. The fraction of sp³-hybridized carbons (Fsp3) is 0.600. The maximum absolute atomic E-state index is 12.1. The van der Waals surface area contributed by atoms with Gasteiger partial charge in [0.1, 0.15) is 0 Å². The fourth-order valence-corrected chi connectivity index (χ4v) is 1.55. The second-order valence-electron chi connectivity index (χ2n) is 3.80. The first-order valence-corrected chi connectivity index (χ1v) is 5.58. The molecule has 0 saturated carbocycles. The predicted octanol–water partition coefficient (Wildman–Crippen LogP) is -0.241. The summed E-state index contributed by atoms with van der Waals surface area (Å²) in [5.41, 5.74) is 3.87. The molecule has 0 aliphatic carbocycles. The number of hydrogen-bond donors (Lipinski definition) is 2. The molecule has 1 unspecified atom stereocenters. The Bertz CT molecular complexity index is 445. The van der Waals surface area contributed by atoms with Crippen LogP contribution in [0.25, 0.3) is 0 Å². The van der Waals surface area contributed by atoms with Crippen LogP contribution in [0.15, 0.2) is 6.20 Å². The smallest absolute Gasteiger partial charge is 0.334 e. The van der Waals surface area contributed by atoms with Crippen molar-refractivity contribution >= 4 is 11.8 Å². The summed E-state index contributed by atoms with van der Waals surface area (Å²) in [5, 5.41) is 15.6. The molecule has 0 aliphatic rings. The molecule has 0 bridgehead atoms. The van der Waals surface area contributed by atoms with Crippen molar-refractivity contribution in [2.24, 2.45) is 5.73 Å². The first-order chi connectivity index (χ1) is 8.45. The summed E-state index contributed by atoms with van der Waals surface area (Å²) in [4.78, 5) is 24.3. The number of carbonyl (C=O) groups is 2. The van der Waals surface area contributed by atoms with Gasteiger partial charge in [0.25, 0.3) is 0 Å². The molecule has 0 amide bonds. The highest BCUT2D eigenvalue weighted by Crippen LogP contribution is 2.17. The van der Waals surface area contributed by atoms with Crippen LogP contribution in [0.4, 0.5) is 0 Å². The number of ether oxygens (including phenoxy) is 1. The molecule has 0 spiro atoms. The van der Waals surface area contributed by atoms with Gasteiger partial charge >= 0.3 is 5.97 Å². The van der Waals surface area contributed by atoms with Crippen LogP contribution in [0, 0.1) is 0 Å². The van der Waals surface area contributed by atoms with Gasteiger partial charge in [0.2, 0.25) is 5.78 Å². The predicted molar refractivity (Wildman–Crippen MR) is 60.0 cm³/mol. The molecule has 3 N–H and O–H groups in total. The Hall–Kier alpha value is -1.96. The molecule has 0 radical (unpaired) electrons. The number of esters is 1. The summed E-state index contributed by atoms with van der Waals surface area (Å²) in [6, 6.07) is 0. The molecule has 1 atom stereocenters. The Morgan fingerprint density at radius 2 is 2.22 bits per heavy atom. The number of aromatic nitrogens is 3. The zero-order chi connectivity index (χ0) is 13.8. The quantitative estimate of drug-likeness (QED) is 0.312. The third-order valence-electron chi connectivity index (χ3n) is 2.40. The van der Waals surface area contributed by atoms with Gasteiger partial charge in [-0.3, -0.25) is 4.79 Å². The van der Waals surface area contributed by atoms with Gasteiger partial charge in [-0.1, -0.05) is 18.2 Å². The second-order valence-corrected chi connectivity index (χ2v) is 3.80. The third-order valence-corrected chi connectivity index (χ3v) is 2.40. The SMILES string of the molecule is CCCC(N)(C(=O)OCC)C(=O)c1cn(O)nn1. The van der Waals surface area contributed by atoms with E-state index >= 15 is 0 Å². The Kier molecular flexibility index (Phi) is 4.38. The molecule has 1 aromatic rings. The van der Waals surface area contributed by atoms with E-state index in [-0.39, 0.29) is 18.7 Å². The van der Waals surface area contributed by atoms with E-state index in [1.165, 1.54) is 0 Å². The molecule has 0 saturated heterocycles. The highest BCUT2D eigenvalue weighted by atomic mass is 16.5. The Morgan fingerprint density at radius 1 is 1.56 bits per heavy atom. The molecular weight excluding hydrogens is 240 g/mol. The number of hydrogen-bond acceptors (Lipinski definition) is 7. The Balaban J connectivity index is 3.03. The molecular formula is C10H16N4O4. The van der Waals surface area contributed by atoms with E-state index in [4.69, 9.17) is 15.7 Å². The Morgan fingerprint density at radius 3 is 2.67 bits per heavy atom. The number of carbonyl (C=O) groups excluding carboxylic acids is 2. The van der Waals surface area contributed by atoms with Crippen molar-refractivity contribution < 1.29 is 19.5 Å². The van der Waals surface area contributed by atoms with Crippen LogP contribution in [-0.2, 0) is 9.53 Å². The minimum Gasteiger partial charge on any atom is -0.464 e. The van der Waals surface area contributed by atoms with Crippen LogP contribution in [0.1, 0.15) is 37.2 Å². The lowest BCUT2D eigenvalue weighted by atomic mass is 9.88. The van der Waals surface area contributed by atoms with Crippen LogP contribution in [-0.4, -0.2) is 44.3 Å². The van der Waals surface area contributed by atoms with Crippen LogP contribution in [0.5, 0.6) is 0 Å². The third kappa shape index (κ3) is 2.65. The van der Waals surface area contributed by atoms with E-state index in [0.717, 1.165) is 6.20 Å². The molecule has 8 heteroatoms. The topological polar surface area (TPSA) is 120 Å². The molecule has 0 fully saturated rings. The van der Waals surface area contributed by atoms with Gasteiger partial charge in [-0.25, -0.2) is 4.79 Å². The van der Waals surface area contributed by atoms with Crippen molar-refractivity contribution in [2.45, 2.75) is 32.2 Å². The van der Waals surface area contributed by atoms with Crippen molar-refractivity contribution in [3.8, 4) is 0 Å². The van der Waals surface area contributed by atoms with Gasteiger partial charge in [-0.2, -0.15) is 0 Å². The van der Waals surface area contributed by atoms with Gasteiger partial charge in [0, 0.05) is 0 Å². The highest BCUT2D eigenvalue weighted by molar-refractivity contribution is 6.15. The molecule has 0 aromatic carbocycles. The van der Waals surface area contributed by atoms with Gasteiger partial charge in [-0.05, 0) is 18.6 Å². The van der Waals surface area contributed by atoms with Crippen molar-refractivity contribution in [3.63, 3.8) is 0 Å². The van der Waals surface area contributed by atoms with E-state index < -0.39 is 17.3 Å². The monoisotopic (exact) mass is 256 g/mol. The zero-order valence-electron chi connectivity index (χ0n) is 10.3. The highest BCUT2D eigenvalue weighted by Gasteiger charge is 2.44. The van der Waals surface area contributed by atoms with E-state index in [0.29, 0.717) is 11.3 Å². The average Bonchev–Trinajstić information content (AvgIpc) is 2.75. The van der Waals surface area contributed by atoms with Crippen LogP contribution >= 0.6 is 0 Å². The lowest BCUT2D eigenvalue weighted by Crippen LogP contribution is -2.55. The molecule has 18 heavy (non-hydrogen) atoms. The number of Topliss-reactive ketones (excluding diaryl/α,β-unsaturated/α-hetero) is 1. The van der Waals surface area contributed by atoms with Gasteiger partial charge < -0.3 is 15.7 Å². The van der Waals surface area contributed by atoms with Crippen molar-refractivity contribution in [3.05, 3.63) is 11.9 Å². The van der Waals surface area contributed by atoms with E-state index in [1.807, 2.05) is 0 Å². The van der Waals surface area contributed by atoms with Gasteiger partial charge in [0.05, 0.1) is 12.8 Å². The molecule has 0 aliphatic heterocycles. The van der Waals surface area contributed by atoms with E-state index in [9.17, 15) is 9.59 Å². The standard InChI is InChI=1S/C10H16N4O4/c1-3-5-10(11,9(16)18-4-2)8(15)7-6-14(17)13-12-7/h6,17H,3-5,11H2,1-2H3. The largest absolute Gasteiger partial charge is 0.464 e. The lowest BCUT2D eigenvalue weighted by Gasteiger charge is -2.23. The molecule has 8 nitrogen and oxygen atoms in total. The molecule has 1 aromatic heterocycles. The summed E-state index contributed by atoms with van der Waals surface area (Å²) >= 11 is 0. The second kappa shape index (κ2) is 5.58. The lowest BCUT2D eigenvalue weighted by molar-refractivity contribution is -0.147. The summed E-state index contributed by atoms with van der Waals surface area (Å²) < 4.78 is 4.81. The molecule has 1 rings (SSSR count). The average molecular weight is 256 g/mol. The fourth-order valence-electron chi connectivity index (χ4n) is 1.55. The number of rotatable bonds is 6. The summed E-state index contributed by atoms with van der Waals surface area (Å²) in [5.74, 6) is -1.52. The normalized spacial score (nSPS) is 13.9. The summed E-state index contributed by atoms with van der Waals surface area (Å²) in [6.07, 6.45) is 1.64. The van der Waals surface area contributed by atoms with Crippen LogP contribution < -0.4 is 5.73 Å². The number of ketones is 1. The molecule has 1 heterocycles. The number of nitrogens with zero attached hydrogens (tertiary/aromatic N) is 3. The van der Waals surface area contributed by atoms with Crippen molar-refractivity contribution in [1.82, 2.24) is 15.2 Å². The maximum atomic E-state index is 12.1.